The number of Topliss-reactive ketones (excluding diaryl/α,β-unsaturated/α-hetero) is 1. The summed E-state index contributed by atoms with van der Waals surface area (Å²) in [5.41, 5.74) is 1.65. The molecule has 0 aliphatic rings. The number of carbonyl (C=O) groups is 1. The van der Waals surface area contributed by atoms with Gasteiger partial charge < -0.3 is 0 Å². The maximum atomic E-state index is 13.1. The molecule has 0 unspecified atom stereocenters. The molecule has 0 aliphatic carbocycles. The van der Waals surface area contributed by atoms with Crippen LogP contribution >= 0.6 is 15.9 Å². The van der Waals surface area contributed by atoms with Gasteiger partial charge in [0, 0.05) is 11.3 Å². The van der Waals surface area contributed by atoms with Crippen LogP contribution in [0.3, 0.4) is 0 Å². The summed E-state index contributed by atoms with van der Waals surface area (Å²) in [6.07, 6.45) is 0. The van der Waals surface area contributed by atoms with Gasteiger partial charge in [-0.2, -0.15) is 0 Å². The first-order chi connectivity index (χ1) is 10.8. The van der Waals surface area contributed by atoms with E-state index in [4.69, 9.17) is 0 Å². The molecule has 0 bridgehead atoms. The second-order valence-electron chi connectivity index (χ2n) is 4.94. The maximum Gasteiger partial charge on any atom is 0.193 e. The summed E-state index contributed by atoms with van der Waals surface area (Å²) in [4.78, 5) is 16.1. The van der Waals surface area contributed by atoms with Crippen LogP contribution in [-0.4, -0.2) is 30.3 Å². The number of carbonyl (C=O) groups excluding carboxylic acids is 1. The molecule has 7 heteroatoms. The van der Waals surface area contributed by atoms with Crippen molar-refractivity contribution in [2.75, 3.05) is 11.1 Å². The van der Waals surface area contributed by atoms with E-state index in [1.807, 2.05) is 0 Å². The molecule has 0 saturated heterocycles. The number of benzene rings is 1. The first kappa shape index (κ1) is 17.7. The molecule has 0 fully saturated rings. The third-order valence-corrected chi connectivity index (χ3v) is 5.68. The number of halogens is 2. The van der Waals surface area contributed by atoms with E-state index in [9.17, 15) is 17.6 Å². The Hall–Kier alpha value is -1.60. The van der Waals surface area contributed by atoms with Crippen molar-refractivity contribution in [3.05, 3.63) is 47.5 Å². The molecule has 1 aromatic carbocycles. The van der Waals surface area contributed by atoms with Gasteiger partial charge in [0.25, 0.3) is 0 Å². The molecule has 0 spiro atoms. The Morgan fingerprint density at radius 2 is 1.87 bits per heavy atom. The fraction of sp³-hybridized carbons (Fsp3) is 0.250. The summed E-state index contributed by atoms with van der Waals surface area (Å²) in [5, 5.41) is -0.0123. The molecule has 1 heterocycles. The van der Waals surface area contributed by atoms with E-state index in [1.165, 1.54) is 25.1 Å². The maximum absolute atomic E-state index is 13.1. The van der Waals surface area contributed by atoms with Gasteiger partial charge in [0.05, 0.1) is 16.0 Å². The van der Waals surface area contributed by atoms with Crippen molar-refractivity contribution in [1.82, 2.24) is 4.98 Å². The summed E-state index contributed by atoms with van der Waals surface area (Å²) in [7, 11) is -3.62. The summed E-state index contributed by atoms with van der Waals surface area (Å²) >= 11 is 3.04. The van der Waals surface area contributed by atoms with Crippen LogP contribution in [0.2, 0.25) is 0 Å². The highest BCUT2D eigenvalue weighted by molar-refractivity contribution is 9.09. The molecule has 2 aromatic rings. The van der Waals surface area contributed by atoms with Gasteiger partial charge in [-0.1, -0.05) is 35.0 Å². The Bertz CT molecular complexity index is 848. The Balaban J connectivity index is 2.74. The number of sulfone groups is 1. The fourth-order valence-electron chi connectivity index (χ4n) is 2.16. The molecule has 0 amide bonds. The van der Waals surface area contributed by atoms with E-state index in [0.29, 0.717) is 16.8 Å². The van der Waals surface area contributed by atoms with Crippen molar-refractivity contribution in [3.8, 4) is 11.1 Å². The Labute approximate surface area is 142 Å². The molecule has 4 nitrogen and oxygen atoms in total. The molecule has 0 radical (unpaired) electrons. The topological polar surface area (TPSA) is 64.1 Å². The van der Waals surface area contributed by atoms with Crippen LogP contribution in [0.1, 0.15) is 23.1 Å². The van der Waals surface area contributed by atoms with Crippen molar-refractivity contribution in [2.24, 2.45) is 0 Å². The van der Waals surface area contributed by atoms with Crippen LogP contribution < -0.4 is 0 Å². The predicted molar refractivity (Wildman–Crippen MR) is 90.2 cm³/mol. The lowest BCUT2D eigenvalue weighted by atomic mass is 10.0. The van der Waals surface area contributed by atoms with Crippen molar-refractivity contribution in [2.45, 2.75) is 18.7 Å². The number of hydrogen-bond donors (Lipinski definition) is 0. The highest BCUT2D eigenvalue weighted by Crippen LogP contribution is 2.28. The number of alkyl halides is 1. The van der Waals surface area contributed by atoms with Gasteiger partial charge in [-0.05, 0) is 30.7 Å². The first-order valence-corrected chi connectivity index (χ1v) is 9.67. The molecule has 1 aromatic heterocycles. The smallest absolute Gasteiger partial charge is 0.193 e. The Morgan fingerprint density at radius 3 is 2.39 bits per heavy atom. The lowest BCUT2D eigenvalue weighted by molar-refractivity contribution is 0.101. The third kappa shape index (κ3) is 3.67. The van der Waals surface area contributed by atoms with Gasteiger partial charge in [0.15, 0.2) is 15.6 Å². The van der Waals surface area contributed by atoms with Crippen LogP contribution in [0.4, 0.5) is 4.39 Å². The number of ketones is 1. The zero-order chi connectivity index (χ0) is 17.2. The van der Waals surface area contributed by atoms with Gasteiger partial charge in [-0.25, -0.2) is 17.8 Å². The summed E-state index contributed by atoms with van der Waals surface area (Å²) < 4.78 is 37.7. The molecule has 0 N–H and O–H groups in total. The Kier molecular flexibility index (Phi) is 5.31. The standard InChI is InChI=1S/C16H15BrFNO3S/c1-3-23(21,22)15-8-13(11-4-6-12(18)7-5-11)10(2)19-16(15)14(20)9-17/h4-8H,3,9H2,1-2H3. The quantitative estimate of drug-likeness (QED) is 0.569. The highest BCUT2D eigenvalue weighted by Gasteiger charge is 2.24. The number of nitrogens with zero attached hydrogens (tertiary/aromatic N) is 1. The van der Waals surface area contributed by atoms with Crippen molar-refractivity contribution < 1.29 is 17.6 Å². The highest BCUT2D eigenvalue weighted by atomic mass is 79.9. The molecule has 23 heavy (non-hydrogen) atoms. The van der Waals surface area contributed by atoms with Crippen LogP contribution in [-0.2, 0) is 9.84 Å². The molecule has 122 valence electrons. The lowest BCUT2D eigenvalue weighted by Crippen LogP contribution is -2.15. The number of aryl methyl sites for hydroxylation is 1. The van der Waals surface area contributed by atoms with E-state index < -0.39 is 15.6 Å². The lowest BCUT2D eigenvalue weighted by Gasteiger charge is -2.12. The van der Waals surface area contributed by atoms with Gasteiger partial charge in [-0.3, -0.25) is 4.79 Å². The molecule has 0 aliphatic heterocycles. The third-order valence-electron chi connectivity index (χ3n) is 3.43. The number of hydrogen-bond acceptors (Lipinski definition) is 4. The average molecular weight is 400 g/mol. The monoisotopic (exact) mass is 399 g/mol. The zero-order valence-electron chi connectivity index (χ0n) is 12.6. The molecule has 0 atom stereocenters. The van der Waals surface area contributed by atoms with Gasteiger partial charge in [0.1, 0.15) is 11.5 Å². The number of aromatic nitrogens is 1. The number of pyridine rings is 1. The van der Waals surface area contributed by atoms with E-state index in [-0.39, 0.29) is 27.5 Å². The summed E-state index contributed by atoms with van der Waals surface area (Å²) in [5.74, 6) is -0.916. The Morgan fingerprint density at radius 1 is 1.26 bits per heavy atom. The van der Waals surface area contributed by atoms with E-state index in [1.54, 1.807) is 19.1 Å². The normalized spacial score (nSPS) is 11.5. The van der Waals surface area contributed by atoms with E-state index in [2.05, 4.69) is 20.9 Å². The minimum absolute atomic E-state index is 0.0123. The minimum Gasteiger partial charge on any atom is -0.291 e. The largest absolute Gasteiger partial charge is 0.291 e. The van der Waals surface area contributed by atoms with Crippen LogP contribution in [0.15, 0.2) is 35.2 Å². The molecular formula is C16H15BrFNO3S. The fourth-order valence-corrected chi connectivity index (χ4v) is 3.49. The molecular weight excluding hydrogens is 385 g/mol. The van der Waals surface area contributed by atoms with Gasteiger partial charge in [0.2, 0.25) is 0 Å². The van der Waals surface area contributed by atoms with Crippen LogP contribution in [0.5, 0.6) is 0 Å². The number of rotatable bonds is 5. The minimum atomic E-state index is -3.62. The summed E-state index contributed by atoms with van der Waals surface area (Å²) in [6, 6.07) is 7.13. The first-order valence-electron chi connectivity index (χ1n) is 6.89. The van der Waals surface area contributed by atoms with Crippen molar-refractivity contribution >= 4 is 31.6 Å². The second kappa shape index (κ2) is 6.88. The van der Waals surface area contributed by atoms with Crippen LogP contribution in [0, 0.1) is 12.7 Å². The van der Waals surface area contributed by atoms with E-state index in [0.717, 1.165) is 0 Å². The molecule has 0 saturated carbocycles. The van der Waals surface area contributed by atoms with Crippen LogP contribution in [0.25, 0.3) is 11.1 Å². The predicted octanol–water partition coefficient (Wildman–Crippen LogP) is 3.57. The van der Waals surface area contributed by atoms with E-state index >= 15 is 0 Å². The van der Waals surface area contributed by atoms with Gasteiger partial charge in [-0.15, -0.1) is 0 Å². The molecule has 2 rings (SSSR count). The van der Waals surface area contributed by atoms with Gasteiger partial charge >= 0.3 is 0 Å². The second-order valence-corrected chi connectivity index (χ2v) is 7.74. The average Bonchev–Trinajstić information content (AvgIpc) is 2.54. The summed E-state index contributed by atoms with van der Waals surface area (Å²) in [6.45, 7) is 3.20. The zero-order valence-corrected chi connectivity index (χ0v) is 15.0. The van der Waals surface area contributed by atoms with Crippen molar-refractivity contribution in [3.63, 3.8) is 0 Å². The SMILES string of the molecule is CCS(=O)(=O)c1cc(-c2ccc(F)cc2)c(C)nc1C(=O)CBr. The van der Waals surface area contributed by atoms with Crippen molar-refractivity contribution in [1.29, 1.82) is 0 Å².